The lowest BCUT2D eigenvalue weighted by Gasteiger charge is -2.18. The molecule has 0 unspecified atom stereocenters. The fourth-order valence-corrected chi connectivity index (χ4v) is 3.97. The Labute approximate surface area is 158 Å². The van der Waals surface area contributed by atoms with E-state index in [2.05, 4.69) is 29.6 Å². The molecule has 2 aliphatic rings. The Hall–Kier alpha value is -2.82. The second-order valence-corrected chi connectivity index (χ2v) is 7.44. The van der Waals surface area contributed by atoms with Gasteiger partial charge < -0.3 is 15.2 Å². The van der Waals surface area contributed by atoms with Crippen molar-refractivity contribution < 1.29 is 19.4 Å². The number of aliphatic carboxylic acids is 1. The van der Waals surface area contributed by atoms with Gasteiger partial charge in [0.2, 0.25) is 0 Å². The zero-order chi connectivity index (χ0) is 18.8. The highest BCUT2D eigenvalue weighted by atomic mass is 16.5. The van der Waals surface area contributed by atoms with E-state index in [1.165, 1.54) is 11.1 Å². The lowest BCUT2D eigenvalue weighted by Crippen LogP contribution is -2.37. The van der Waals surface area contributed by atoms with Crippen LogP contribution in [0.2, 0.25) is 0 Å². The molecule has 27 heavy (non-hydrogen) atoms. The first-order valence-electron chi connectivity index (χ1n) is 9.45. The second-order valence-electron chi connectivity index (χ2n) is 7.44. The molecule has 140 valence electrons. The molecule has 1 fully saturated rings. The minimum Gasteiger partial charge on any atom is -0.481 e. The predicted octanol–water partition coefficient (Wildman–Crippen LogP) is 4.17. The molecule has 0 saturated heterocycles. The van der Waals surface area contributed by atoms with Crippen molar-refractivity contribution >= 4 is 12.1 Å². The minimum atomic E-state index is -0.903. The van der Waals surface area contributed by atoms with E-state index in [-0.39, 0.29) is 25.0 Å². The summed E-state index contributed by atoms with van der Waals surface area (Å²) in [4.78, 5) is 23.3. The van der Waals surface area contributed by atoms with Crippen LogP contribution in [0.15, 0.2) is 48.5 Å². The van der Waals surface area contributed by atoms with E-state index < -0.39 is 12.1 Å². The van der Waals surface area contributed by atoms with Gasteiger partial charge in [-0.2, -0.15) is 0 Å². The number of amides is 1. The van der Waals surface area contributed by atoms with Crippen LogP contribution in [-0.2, 0) is 9.53 Å². The Kier molecular flexibility index (Phi) is 4.84. The second kappa shape index (κ2) is 7.43. The van der Waals surface area contributed by atoms with E-state index >= 15 is 0 Å². The molecule has 2 N–H and O–H groups in total. The summed E-state index contributed by atoms with van der Waals surface area (Å²) in [5.74, 6) is -0.368. The van der Waals surface area contributed by atoms with Crippen LogP contribution in [0, 0.1) is 5.92 Å². The van der Waals surface area contributed by atoms with Gasteiger partial charge in [0.05, 0.1) is 6.42 Å². The number of benzene rings is 2. The SMILES string of the molecule is O=C(O)C[C@@H](CC1CC1)NC(=O)OCC1c2ccccc2-c2ccccc21. The number of carbonyl (C=O) groups excluding carboxylic acids is 1. The highest BCUT2D eigenvalue weighted by molar-refractivity contribution is 5.79. The van der Waals surface area contributed by atoms with Crippen LogP contribution in [0.5, 0.6) is 0 Å². The molecule has 2 aromatic carbocycles. The third-order valence-corrected chi connectivity index (χ3v) is 5.40. The van der Waals surface area contributed by atoms with Gasteiger partial charge in [-0.3, -0.25) is 4.79 Å². The number of nitrogens with one attached hydrogen (secondary N) is 1. The third kappa shape index (κ3) is 3.97. The fraction of sp³-hybridized carbons (Fsp3) is 0.364. The number of fused-ring (bicyclic) bond motifs is 3. The topological polar surface area (TPSA) is 75.6 Å². The van der Waals surface area contributed by atoms with Gasteiger partial charge in [-0.1, -0.05) is 61.4 Å². The van der Waals surface area contributed by atoms with Crippen molar-refractivity contribution in [2.45, 2.75) is 37.6 Å². The maximum Gasteiger partial charge on any atom is 0.407 e. The van der Waals surface area contributed by atoms with Crippen LogP contribution >= 0.6 is 0 Å². The van der Waals surface area contributed by atoms with Gasteiger partial charge in [0.1, 0.15) is 6.61 Å². The number of carboxylic acid groups (broad SMARTS) is 1. The fourth-order valence-electron chi connectivity index (χ4n) is 3.97. The van der Waals surface area contributed by atoms with Crippen LogP contribution in [0.3, 0.4) is 0 Å². The summed E-state index contributed by atoms with van der Waals surface area (Å²) in [5.41, 5.74) is 4.68. The highest BCUT2D eigenvalue weighted by Gasteiger charge is 2.30. The molecule has 5 nitrogen and oxygen atoms in total. The average molecular weight is 365 g/mol. The van der Waals surface area contributed by atoms with Crippen molar-refractivity contribution in [1.82, 2.24) is 5.32 Å². The van der Waals surface area contributed by atoms with E-state index in [0.717, 1.165) is 24.0 Å². The van der Waals surface area contributed by atoms with Crippen LogP contribution < -0.4 is 5.32 Å². The minimum absolute atomic E-state index is 0.00417. The number of carboxylic acids is 1. The Bertz CT molecular complexity index is 813. The lowest BCUT2D eigenvalue weighted by molar-refractivity contribution is -0.137. The average Bonchev–Trinajstić information content (AvgIpc) is 3.40. The van der Waals surface area contributed by atoms with E-state index in [9.17, 15) is 9.59 Å². The molecule has 0 radical (unpaired) electrons. The van der Waals surface area contributed by atoms with Crippen LogP contribution in [0.25, 0.3) is 11.1 Å². The summed E-state index contributed by atoms with van der Waals surface area (Å²) in [7, 11) is 0. The number of carbonyl (C=O) groups is 2. The monoisotopic (exact) mass is 365 g/mol. The maximum absolute atomic E-state index is 12.3. The molecule has 0 spiro atoms. The van der Waals surface area contributed by atoms with Crippen molar-refractivity contribution in [3.8, 4) is 11.1 Å². The third-order valence-electron chi connectivity index (χ3n) is 5.40. The van der Waals surface area contributed by atoms with Crippen LogP contribution in [0.1, 0.15) is 42.7 Å². The Balaban J connectivity index is 1.42. The molecule has 1 atom stereocenters. The number of alkyl carbamates (subject to hydrolysis) is 1. The smallest absolute Gasteiger partial charge is 0.407 e. The van der Waals surface area contributed by atoms with Crippen molar-refractivity contribution in [1.29, 1.82) is 0 Å². The summed E-state index contributed by atoms with van der Waals surface area (Å²) < 4.78 is 5.51. The number of hydrogen-bond acceptors (Lipinski definition) is 3. The predicted molar refractivity (Wildman–Crippen MR) is 102 cm³/mol. The van der Waals surface area contributed by atoms with Gasteiger partial charge in [-0.25, -0.2) is 4.79 Å². The van der Waals surface area contributed by atoms with Crippen molar-refractivity contribution in [2.24, 2.45) is 5.92 Å². The first kappa shape index (κ1) is 17.6. The van der Waals surface area contributed by atoms with E-state index in [1.54, 1.807) is 0 Å². The van der Waals surface area contributed by atoms with E-state index in [4.69, 9.17) is 9.84 Å². The summed E-state index contributed by atoms with van der Waals surface area (Å²) in [5, 5.41) is 11.8. The van der Waals surface area contributed by atoms with Gasteiger partial charge in [0, 0.05) is 12.0 Å². The number of hydrogen-bond donors (Lipinski definition) is 2. The van der Waals surface area contributed by atoms with Crippen molar-refractivity contribution in [2.75, 3.05) is 6.61 Å². The van der Waals surface area contributed by atoms with E-state index in [1.807, 2.05) is 24.3 Å². The molecular formula is C22H23NO4. The molecule has 2 aliphatic carbocycles. The van der Waals surface area contributed by atoms with Gasteiger partial charge >= 0.3 is 12.1 Å². The molecule has 0 aliphatic heterocycles. The van der Waals surface area contributed by atoms with Gasteiger partial charge in [-0.15, -0.1) is 0 Å². The zero-order valence-electron chi connectivity index (χ0n) is 15.1. The van der Waals surface area contributed by atoms with Crippen molar-refractivity contribution in [3.63, 3.8) is 0 Å². The normalized spacial score (nSPS) is 16.3. The zero-order valence-corrected chi connectivity index (χ0v) is 15.1. The van der Waals surface area contributed by atoms with Crippen LogP contribution in [0.4, 0.5) is 4.79 Å². The van der Waals surface area contributed by atoms with Crippen molar-refractivity contribution in [3.05, 3.63) is 59.7 Å². The van der Waals surface area contributed by atoms with Gasteiger partial charge in [-0.05, 0) is 34.6 Å². The van der Waals surface area contributed by atoms with E-state index in [0.29, 0.717) is 12.3 Å². The molecule has 4 rings (SSSR count). The summed E-state index contributed by atoms with van der Waals surface area (Å²) in [6, 6.07) is 16.0. The largest absolute Gasteiger partial charge is 0.481 e. The molecular weight excluding hydrogens is 342 g/mol. The molecule has 1 amide bonds. The maximum atomic E-state index is 12.3. The Morgan fingerprint density at radius 1 is 1.04 bits per heavy atom. The molecule has 2 aromatic rings. The summed E-state index contributed by atoms with van der Waals surface area (Å²) in [6.07, 6.45) is 2.33. The first-order chi connectivity index (χ1) is 13.1. The molecule has 0 bridgehead atoms. The highest BCUT2D eigenvalue weighted by Crippen LogP contribution is 2.44. The lowest BCUT2D eigenvalue weighted by atomic mass is 9.98. The molecule has 0 heterocycles. The van der Waals surface area contributed by atoms with Crippen LogP contribution in [-0.4, -0.2) is 29.8 Å². The Morgan fingerprint density at radius 3 is 2.19 bits per heavy atom. The number of ether oxygens (including phenoxy) is 1. The summed E-state index contributed by atoms with van der Waals surface area (Å²) in [6.45, 7) is 0.239. The summed E-state index contributed by atoms with van der Waals surface area (Å²) >= 11 is 0. The first-order valence-corrected chi connectivity index (χ1v) is 9.45. The van der Waals surface area contributed by atoms with Gasteiger partial charge in [0.15, 0.2) is 0 Å². The standard InChI is InChI=1S/C22H23NO4/c24-21(25)12-15(11-14-9-10-14)23-22(26)27-13-20-18-7-3-1-5-16(18)17-6-2-4-8-19(17)20/h1-8,14-15,20H,9-13H2,(H,23,26)(H,24,25)/t15-/m1/s1. The number of rotatable bonds is 7. The molecule has 0 aromatic heterocycles. The quantitative estimate of drug-likeness (QED) is 0.772. The Morgan fingerprint density at radius 2 is 1.63 bits per heavy atom. The van der Waals surface area contributed by atoms with Gasteiger partial charge in [0.25, 0.3) is 0 Å². The molecule has 5 heteroatoms. The molecule has 1 saturated carbocycles.